The minimum absolute atomic E-state index is 0.0521. The summed E-state index contributed by atoms with van der Waals surface area (Å²) in [6, 6.07) is 16.0. The summed E-state index contributed by atoms with van der Waals surface area (Å²) in [4.78, 5) is 29.1. The summed E-state index contributed by atoms with van der Waals surface area (Å²) < 4.78 is 0. The molecule has 5 nitrogen and oxygen atoms in total. The van der Waals surface area contributed by atoms with Crippen LogP contribution in [-0.2, 0) is 16.1 Å². The van der Waals surface area contributed by atoms with Crippen LogP contribution in [0.2, 0.25) is 0 Å². The van der Waals surface area contributed by atoms with E-state index < -0.39 is 0 Å². The maximum Gasteiger partial charge on any atom is 0.239 e. The summed E-state index contributed by atoms with van der Waals surface area (Å²) in [5, 5.41) is 7.97. The first kappa shape index (κ1) is 21.1. The summed E-state index contributed by atoms with van der Waals surface area (Å²) in [6.07, 6.45) is 0. The van der Waals surface area contributed by atoms with Crippen LogP contribution in [0.4, 0.5) is 5.13 Å². The molecule has 0 aliphatic heterocycles. The molecule has 0 fully saturated rings. The molecule has 0 bridgehead atoms. The van der Waals surface area contributed by atoms with E-state index >= 15 is 0 Å². The zero-order valence-electron chi connectivity index (χ0n) is 16.6. The summed E-state index contributed by atoms with van der Waals surface area (Å²) in [6.45, 7) is 5.94. The highest BCUT2D eigenvalue weighted by molar-refractivity contribution is 8.00. The maximum atomic E-state index is 12.5. The van der Waals surface area contributed by atoms with Gasteiger partial charge in [0.2, 0.25) is 11.8 Å². The Balaban J connectivity index is 1.58. The Bertz CT molecular complexity index is 982. The van der Waals surface area contributed by atoms with Crippen molar-refractivity contribution >= 4 is 40.0 Å². The lowest BCUT2D eigenvalue weighted by molar-refractivity contribution is -0.119. The molecule has 1 unspecified atom stereocenters. The average molecular weight is 426 g/mol. The van der Waals surface area contributed by atoms with Gasteiger partial charge in [0, 0.05) is 29.3 Å². The Morgan fingerprint density at radius 2 is 1.79 bits per heavy atom. The van der Waals surface area contributed by atoms with Crippen LogP contribution in [0.25, 0.3) is 11.3 Å². The number of carbonyl (C=O) groups is 2. The Morgan fingerprint density at radius 1 is 1.10 bits per heavy atom. The molecule has 7 heteroatoms. The minimum Gasteiger partial charge on any atom is -0.352 e. The van der Waals surface area contributed by atoms with Gasteiger partial charge in [0.25, 0.3) is 0 Å². The number of aryl methyl sites for hydroxylation is 1. The third-order valence-corrected chi connectivity index (χ3v) is 6.10. The predicted octanol–water partition coefficient (Wildman–Crippen LogP) is 4.87. The van der Waals surface area contributed by atoms with E-state index in [9.17, 15) is 9.59 Å². The number of aromatic nitrogens is 1. The summed E-state index contributed by atoms with van der Waals surface area (Å²) >= 11 is 2.93. The highest BCUT2D eigenvalue weighted by Gasteiger charge is 2.16. The predicted molar refractivity (Wildman–Crippen MR) is 120 cm³/mol. The number of rotatable bonds is 7. The van der Waals surface area contributed by atoms with Crippen molar-refractivity contribution in [2.45, 2.75) is 37.5 Å². The van der Waals surface area contributed by atoms with Gasteiger partial charge < -0.3 is 10.6 Å². The third-order valence-electron chi connectivity index (χ3n) is 4.23. The number of benzene rings is 2. The lowest BCUT2D eigenvalue weighted by Crippen LogP contribution is -2.22. The molecule has 0 spiro atoms. The molecule has 1 heterocycles. The lowest BCUT2D eigenvalue weighted by atomic mass is 10.1. The van der Waals surface area contributed by atoms with Gasteiger partial charge in [-0.15, -0.1) is 23.1 Å². The second-order valence-corrected chi connectivity index (χ2v) is 8.98. The molecule has 2 N–H and O–H groups in total. The molecule has 0 aliphatic carbocycles. The molecule has 150 valence electrons. The zero-order chi connectivity index (χ0) is 20.8. The number of thioether (sulfide) groups is 1. The van der Waals surface area contributed by atoms with Gasteiger partial charge in [0.15, 0.2) is 5.13 Å². The van der Waals surface area contributed by atoms with Crippen LogP contribution in [0, 0.1) is 6.92 Å². The molecule has 2 aromatic carbocycles. The molecule has 29 heavy (non-hydrogen) atoms. The Hall–Kier alpha value is -2.64. The van der Waals surface area contributed by atoms with E-state index in [4.69, 9.17) is 0 Å². The van der Waals surface area contributed by atoms with Crippen molar-refractivity contribution < 1.29 is 9.59 Å². The average Bonchev–Trinajstić information content (AvgIpc) is 3.17. The van der Waals surface area contributed by atoms with Gasteiger partial charge in [-0.3, -0.25) is 9.59 Å². The molecule has 3 aromatic rings. The number of hydrogen-bond donors (Lipinski definition) is 2. The monoisotopic (exact) mass is 425 g/mol. The second kappa shape index (κ2) is 9.71. The molecule has 1 aromatic heterocycles. The van der Waals surface area contributed by atoms with Crippen molar-refractivity contribution in [3.05, 3.63) is 65.0 Å². The molecule has 0 saturated carbocycles. The van der Waals surface area contributed by atoms with Crippen molar-refractivity contribution in [1.82, 2.24) is 10.3 Å². The SMILES string of the molecule is CC(=O)NCc1ccc(-c2csc(NC(=O)C(C)Sc3ccc(C)cc3)n2)cc1. The number of amides is 2. The van der Waals surface area contributed by atoms with Crippen LogP contribution in [0.1, 0.15) is 25.0 Å². The van der Waals surface area contributed by atoms with Crippen molar-refractivity contribution in [3.63, 3.8) is 0 Å². The molecule has 3 rings (SSSR count). The summed E-state index contributed by atoms with van der Waals surface area (Å²) in [7, 11) is 0. The minimum atomic E-state index is -0.224. The van der Waals surface area contributed by atoms with Crippen LogP contribution in [0.15, 0.2) is 58.8 Å². The van der Waals surface area contributed by atoms with E-state index in [0.29, 0.717) is 11.7 Å². The number of nitrogens with one attached hydrogen (secondary N) is 2. The fourth-order valence-corrected chi connectivity index (χ4v) is 4.16. The number of nitrogens with zero attached hydrogens (tertiary/aromatic N) is 1. The number of anilines is 1. The van der Waals surface area contributed by atoms with Gasteiger partial charge in [0.05, 0.1) is 10.9 Å². The van der Waals surface area contributed by atoms with Gasteiger partial charge in [-0.05, 0) is 31.5 Å². The van der Waals surface area contributed by atoms with Crippen molar-refractivity contribution in [2.75, 3.05) is 5.32 Å². The van der Waals surface area contributed by atoms with E-state index in [1.807, 2.05) is 67.8 Å². The Kier molecular flexibility index (Phi) is 7.06. The number of thiazole rings is 1. The maximum absolute atomic E-state index is 12.5. The molecular formula is C22H23N3O2S2. The molecular weight excluding hydrogens is 402 g/mol. The van der Waals surface area contributed by atoms with Crippen LogP contribution in [0.3, 0.4) is 0 Å². The number of hydrogen-bond acceptors (Lipinski definition) is 5. The largest absolute Gasteiger partial charge is 0.352 e. The van der Waals surface area contributed by atoms with Crippen LogP contribution >= 0.6 is 23.1 Å². The Labute approximate surface area is 179 Å². The van der Waals surface area contributed by atoms with Crippen LogP contribution < -0.4 is 10.6 Å². The van der Waals surface area contributed by atoms with Gasteiger partial charge in [-0.1, -0.05) is 42.0 Å². The highest BCUT2D eigenvalue weighted by atomic mass is 32.2. The fraction of sp³-hybridized carbons (Fsp3) is 0.227. The van der Waals surface area contributed by atoms with Crippen molar-refractivity contribution in [1.29, 1.82) is 0 Å². The fourth-order valence-electron chi connectivity index (χ4n) is 2.57. The molecule has 0 aliphatic rings. The topological polar surface area (TPSA) is 71.1 Å². The van der Waals surface area contributed by atoms with Gasteiger partial charge in [-0.2, -0.15) is 0 Å². The van der Waals surface area contributed by atoms with E-state index in [1.165, 1.54) is 35.6 Å². The first-order valence-electron chi connectivity index (χ1n) is 9.24. The molecule has 0 saturated heterocycles. The third kappa shape index (κ3) is 6.17. The lowest BCUT2D eigenvalue weighted by Gasteiger charge is -2.10. The van der Waals surface area contributed by atoms with E-state index in [0.717, 1.165) is 21.7 Å². The van der Waals surface area contributed by atoms with E-state index in [2.05, 4.69) is 15.6 Å². The van der Waals surface area contributed by atoms with Crippen molar-refractivity contribution in [2.24, 2.45) is 0 Å². The van der Waals surface area contributed by atoms with Crippen molar-refractivity contribution in [3.8, 4) is 11.3 Å². The smallest absolute Gasteiger partial charge is 0.239 e. The molecule has 2 amide bonds. The molecule has 0 radical (unpaired) electrons. The summed E-state index contributed by atoms with van der Waals surface area (Å²) in [5.41, 5.74) is 4.00. The Morgan fingerprint density at radius 3 is 2.45 bits per heavy atom. The van der Waals surface area contributed by atoms with Crippen LogP contribution in [0.5, 0.6) is 0 Å². The first-order chi connectivity index (χ1) is 13.9. The van der Waals surface area contributed by atoms with Crippen LogP contribution in [-0.4, -0.2) is 22.0 Å². The normalized spacial score (nSPS) is 11.7. The van der Waals surface area contributed by atoms with E-state index in [1.54, 1.807) is 0 Å². The quantitative estimate of drug-likeness (QED) is 0.530. The van der Waals surface area contributed by atoms with Gasteiger partial charge in [-0.25, -0.2) is 4.98 Å². The van der Waals surface area contributed by atoms with E-state index in [-0.39, 0.29) is 17.1 Å². The molecule has 1 atom stereocenters. The first-order valence-corrected chi connectivity index (χ1v) is 11.0. The van der Waals surface area contributed by atoms with Gasteiger partial charge in [0.1, 0.15) is 0 Å². The van der Waals surface area contributed by atoms with Gasteiger partial charge >= 0.3 is 0 Å². The standard InChI is InChI=1S/C22H23N3O2S2/c1-14-4-10-19(11-5-14)29-15(2)21(27)25-22-24-20(13-28-22)18-8-6-17(7-9-18)12-23-16(3)26/h4-11,13,15H,12H2,1-3H3,(H,23,26)(H,24,25,27). The second-order valence-electron chi connectivity index (χ2n) is 6.71. The highest BCUT2D eigenvalue weighted by Crippen LogP contribution is 2.27. The number of carbonyl (C=O) groups excluding carboxylic acids is 2. The zero-order valence-corrected chi connectivity index (χ0v) is 18.2. The summed E-state index contributed by atoms with van der Waals surface area (Å²) in [5.74, 6) is -0.120.